The molecule has 0 saturated heterocycles. The van der Waals surface area contributed by atoms with E-state index in [2.05, 4.69) is 5.32 Å². The Balaban J connectivity index is 1.87. The molecular weight excluding hydrogens is 427 g/mol. The number of anilines is 1. The van der Waals surface area contributed by atoms with Gasteiger partial charge >= 0.3 is 0 Å². The third-order valence-corrected chi connectivity index (χ3v) is 6.42. The van der Waals surface area contributed by atoms with Gasteiger partial charge in [0.2, 0.25) is 15.9 Å². The van der Waals surface area contributed by atoms with Crippen LogP contribution < -0.4 is 5.32 Å². The van der Waals surface area contributed by atoms with Crippen LogP contribution in [-0.4, -0.2) is 25.2 Å². The first-order valence-electron chi connectivity index (χ1n) is 9.11. The Labute approximate surface area is 180 Å². The van der Waals surface area contributed by atoms with Crippen LogP contribution in [0.25, 0.3) is 0 Å². The minimum atomic E-state index is -3.98. The minimum Gasteiger partial charge on any atom is -0.325 e. The number of benzene rings is 3. The van der Waals surface area contributed by atoms with Crippen LogP contribution in [0.15, 0.2) is 77.7 Å². The number of nitrogens with one attached hydrogen (secondary N) is 1. The lowest BCUT2D eigenvalue weighted by molar-refractivity contribution is -0.116. The second-order valence-corrected chi connectivity index (χ2v) is 9.15. The molecule has 8 heteroatoms. The fourth-order valence-electron chi connectivity index (χ4n) is 2.81. The van der Waals surface area contributed by atoms with Crippen molar-refractivity contribution in [3.8, 4) is 0 Å². The average Bonchev–Trinajstić information content (AvgIpc) is 2.69. The number of amides is 1. The fraction of sp³-hybridized carbons (Fsp3) is 0.136. The highest BCUT2D eigenvalue weighted by molar-refractivity contribution is 7.89. The molecule has 0 bridgehead atoms. The summed E-state index contributed by atoms with van der Waals surface area (Å²) in [7, 11) is -3.98. The molecule has 0 aromatic heterocycles. The number of carbonyl (C=O) groups is 1. The van der Waals surface area contributed by atoms with Crippen LogP contribution >= 0.6 is 11.6 Å². The molecule has 156 valence electrons. The van der Waals surface area contributed by atoms with Crippen molar-refractivity contribution in [2.45, 2.75) is 18.4 Å². The Morgan fingerprint density at radius 3 is 2.33 bits per heavy atom. The van der Waals surface area contributed by atoms with Crippen molar-refractivity contribution in [1.29, 1.82) is 0 Å². The van der Waals surface area contributed by atoms with Crippen molar-refractivity contribution < 1.29 is 17.6 Å². The Kier molecular flexibility index (Phi) is 6.87. The maximum Gasteiger partial charge on any atom is 0.243 e. The normalized spacial score (nSPS) is 11.5. The van der Waals surface area contributed by atoms with Crippen LogP contribution in [0.5, 0.6) is 0 Å². The van der Waals surface area contributed by atoms with Crippen molar-refractivity contribution in [2.24, 2.45) is 0 Å². The zero-order chi connectivity index (χ0) is 21.7. The molecular formula is C22H20ClFN2O3S. The van der Waals surface area contributed by atoms with Gasteiger partial charge in [-0.25, -0.2) is 12.8 Å². The zero-order valence-electron chi connectivity index (χ0n) is 16.2. The molecule has 0 atom stereocenters. The van der Waals surface area contributed by atoms with Crippen LogP contribution in [0.1, 0.15) is 11.1 Å². The van der Waals surface area contributed by atoms with Gasteiger partial charge < -0.3 is 5.32 Å². The van der Waals surface area contributed by atoms with E-state index in [4.69, 9.17) is 11.6 Å². The smallest absolute Gasteiger partial charge is 0.243 e. The predicted octanol–water partition coefficient (Wildman–Crippen LogP) is 4.62. The van der Waals surface area contributed by atoms with Crippen LogP contribution in [0.4, 0.5) is 10.1 Å². The van der Waals surface area contributed by atoms with E-state index >= 15 is 0 Å². The molecule has 0 radical (unpaired) electrons. The highest BCUT2D eigenvalue weighted by Gasteiger charge is 2.27. The summed E-state index contributed by atoms with van der Waals surface area (Å²) in [6.07, 6.45) is 0. The summed E-state index contributed by atoms with van der Waals surface area (Å²) < 4.78 is 40.9. The van der Waals surface area contributed by atoms with Crippen LogP contribution in [0.3, 0.4) is 0 Å². The molecule has 30 heavy (non-hydrogen) atoms. The highest BCUT2D eigenvalue weighted by Crippen LogP contribution is 2.21. The van der Waals surface area contributed by atoms with Gasteiger partial charge in [-0.1, -0.05) is 47.5 Å². The van der Waals surface area contributed by atoms with Gasteiger partial charge in [0.05, 0.1) is 11.4 Å². The molecule has 3 rings (SSSR count). The molecule has 0 heterocycles. The number of nitrogens with zero attached hydrogens (tertiary/aromatic N) is 1. The van der Waals surface area contributed by atoms with E-state index in [-0.39, 0.29) is 17.1 Å². The molecule has 0 unspecified atom stereocenters. The molecule has 5 nitrogen and oxygen atoms in total. The summed E-state index contributed by atoms with van der Waals surface area (Å²) in [5.74, 6) is -1.08. The third-order valence-electron chi connectivity index (χ3n) is 4.36. The van der Waals surface area contributed by atoms with Crippen molar-refractivity contribution in [3.63, 3.8) is 0 Å². The number of aryl methyl sites for hydroxylation is 1. The average molecular weight is 447 g/mol. The van der Waals surface area contributed by atoms with E-state index in [1.54, 1.807) is 0 Å². The summed E-state index contributed by atoms with van der Waals surface area (Å²) >= 11 is 5.87. The molecule has 0 aliphatic carbocycles. The Morgan fingerprint density at radius 2 is 1.70 bits per heavy atom. The van der Waals surface area contributed by atoms with E-state index < -0.39 is 28.3 Å². The number of hydrogen-bond acceptors (Lipinski definition) is 3. The van der Waals surface area contributed by atoms with E-state index in [9.17, 15) is 17.6 Å². The number of hydrogen-bond donors (Lipinski definition) is 1. The summed E-state index contributed by atoms with van der Waals surface area (Å²) in [6.45, 7) is 1.50. The maximum absolute atomic E-state index is 13.4. The molecule has 0 spiro atoms. The van der Waals surface area contributed by atoms with Gasteiger partial charge in [-0.15, -0.1) is 0 Å². The van der Waals surface area contributed by atoms with E-state index in [1.165, 1.54) is 42.5 Å². The molecule has 0 fully saturated rings. The van der Waals surface area contributed by atoms with Crippen LogP contribution in [0.2, 0.25) is 5.02 Å². The molecule has 0 aliphatic rings. The maximum atomic E-state index is 13.4. The number of sulfonamides is 1. The quantitative estimate of drug-likeness (QED) is 0.576. The fourth-order valence-corrected chi connectivity index (χ4v) is 4.32. The Hall–Kier alpha value is -2.74. The van der Waals surface area contributed by atoms with Gasteiger partial charge in [-0.3, -0.25) is 4.79 Å². The van der Waals surface area contributed by atoms with Gasteiger partial charge in [0.15, 0.2) is 0 Å². The SMILES string of the molecule is Cc1ccc(CN(CC(=O)Nc2cccc(F)c2)S(=O)(=O)c2ccc(Cl)cc2)cc1. The summed E-state index contributed by atoms with van der Waals surface area (Å²) in [5, 5.41) is 2.94. The van der Waals surface area contributed by atoms with Crippen LogP contribution in [-0.2, 0) is 21.4 Å². The molecule has 0 aliphatic heterocycles. The largest absolute Gasteiger partial charge is 0.325 e. The van der Waals surface area contributed by atoms with Crippen molar-refractivity contribution >= 4 is 33.2 Å². The van der Waals surface area contributed by atoms with Crippen molar-refractivity contribution in [1.82, 2.24) is 4.31 Å². The van der Waals surface area contributed by atoms with Gasteiger partial charge in [-0.2, -0.15) is 4.31 Å². The molecule has 0 saturated carbocycles. The molecule has 3 aromatic rings. The lowest BCUT2D eigenvalue weighted by Gasteiger charge is -2.22. The number of halogens is 2. The zero-order valence-corrected chi connectivity index (χ0v) is 17.8. The van der Waals surface area contributed by atoms with Crippen molar-refractivity contribution in [2.75, 3.05) is 11.9 Å². The first-order chi connectivity index (χ1) is 14.2. The van der Waals surface area contributed by atoms with E-state index in [0.29, 0.717) is 5.02 Å². The van der Waals surface area contributed by atoms with Gasteiger partial charge in [-0.05, 0) is 55.0 Å². The lowest BCUT2D eigenvalue weighted by atomic mass is 10.1. The third kappa shape index (κ3) is 5.66. The first-order valence-corrected chi connectivity index (χ1v) is 10.9. The minimum absolute atomic E-state index is 0.00180. The monoisotopic (exact) mass is 446 g/mol. The number of carbonyl (C=O) groups excluding carboxylic acids is 1. The lowest BCUT2D eigenvalue weighted by Crippen LogP contribution is -2.37. The van der Waals surface area contributed by atoms with Gasteiger partial charge in [0, 0.05) is 17.3 Å². The van der Waals surface area contributed by atoms with E-state index in [1.807, 2.05) is 31.2 Å². The highest BCUT2D eigenvalue weighted by atomic mass is 35.5. The second kappa shape index (κ2) is 9.38. The summed E-state index contributed by atoms with van der Waals surface area (Å²) in [5.41, 5.74) is 2.02. The molecule has 1 N–H and O–H groups in total. The number of rotatable bonds is 7. The van der Waals surface area contributed by atoms with Crippen LogP contribution in [0, 0.1) is 12.7 Å². The molecule has 1 amide bonds. The molecule has 3 aromatic carbocycles. The first kappa shape index (κ1) is 22.0. The predicted molar refractivity (Wildman–Crippen MR) is 115 cm³/mol. The summed E-state index contributed by atoms with van der Waals surface area (Å²) in [6, 6.07) is 18.5. The topological polar surface area (TPSA) is 66.5 Å². The standard InChI is InChI=1S/C22H20ClFN2O3S/c1-16-5-7-17(8-6-16)14-26(30(28,29)21-11-9-18(23)10-12-21)15-22(27)25-20-4-2-3-19(24)13-20/h2-13H,14-15H2,1H3,(H,25,27). The van der Waals surface area contributed by atoms with Gasteiger partial charge in [0.25, 0.3) is 0 Å². The Bertz CT molecular complexity index is 1130. The van der Waals surface area contributed by atoms with Gasteiger partial charge in [0.1, 0.15) is 5.82 Å². The second-order valence-electron chi connectivity index (χ2n) is 6.77. The van der Waals surface area contributed by atoms with Crippen molar-refractivity contribution in [3.05, 3.63) is 94.8 Å². The summed E-state index contributed by atoms with van der Waals surface area (Å²) in [4.78, 5) is 12.6. The van der Waals surface area contributed by atoms with E-state index in [0.717, 1.165) is 21.5 Å². The Morgan fingerprint density at radius 1 is 1.03 bits per heavy atom.